The monoisotopic (exact) mass is 122 g/mol. The molecule has 44 valence electrons. The molecule has 0 rings (SSSR count). The van der Waals surface area contributed by atoms with Crippen molar-refractivity contribution < 1.29 is 9.84 Å². The molecule has 0 amide bonds. The highest BCUT2D eigenvalue weighted by Crippen LogP contribution is 1.84. The molecule has 0 bridgehead atoms. The third kappa shape index (κ3) is 4.12. The number of ether oxygens (including phenoxy) is 1. The lowest BCUT2D eigenvalue weighted by atomic mass is 10.4. The maximum atomic E-state index is 8.66. The summed E-state index contributed by atoms with van der Waals surface area (Å²) in [6.45, 7) is 0.378. The molecular weight excluding hydrogens is 112 g/mol. The van der Waals surface area contributed by atoms with E-state index in [1.807, 2.05) is 0 Å². The van der Waals surface area contributed by atoms with Crippen LogP contribution in [0.3, 0.4) is 0 Å². The average molecular weight is 122 g/mol. The van der Waals surface area contributed by atoms with Crippen LogP contribution >= 0.6 is 12.6 Å². The van der Waals surface area contributed by atoms with Crippen LogP contribution in [0.1, 0.15) is 0 Å². The Kier molecular flexibility index (Phi) is 4.60. The van der Waals surface area contributed by atoms with Crippen molar-refractivity contribution in [1.29, 1.82) is 0 Å². The van der Waals surface area contributed by atoms with Crippen LogP contribution in [0.25, 0.3) is 0 Å². The third-order valence-electron chi connectivity index (χ3n) is 0.570. The van der Waals surface area contributed by atoms with Gasteiger partial charge in [0.1, 0.15) is 0 Å². The molecule has 3 heteroatoms. The highest BCUT2D eigenvalue weighted by atomic mass is 32.1. The Morgan fingerprint density at radius 1 is 1.86 bits per heavy atom. The highest BCUT2D eigenvalue weighted by molar-refractivity contribution is 7.80. The summed E-state index contributed by atoms with van der Waals surface area (Å²) < 4.78 is 4.60. The molecule has 0 saturated heterocycles. The SMILES string of the molecule is COCC(O)CS. The molecule has 0 spiro atoms. The van der Waals surface area contributed by atoms with Crippen LogP contribution in [0.4, 0.5) is 0 Å². The van der Waals surface area contributed by atoms with Gasteiger partial charge in [-0.25, -0.2) is 0 Å². The zero-order valence-electron chi connectivity index (χ0n) is 4.29. The van der Waals surface area contributed by atoms with Gasteiger partial charge in [-0.05, 0) is 0 Å². The molecule has 0 heterocycles. The van der Waals surface area contributed by atoms with Crippen molar-refractivity contribution in [3.63, 3.8) is 0 Å². The van der Waals surface area contributed by atoms with E-state index in [9.17, 15) is 0 Å². The minimum atomic E-state index is -0.409. The van der Waals surface area contributed by atoms with Gasteiger partial charge in [-0.3, -0.25) is 0 Å². The molecule has 0 fully saturated rings. The maximum absolute atomic E-state index is 8.66. The molecule has 7 heavy (non-hydrogen) atoms. The summed E-state index contributed by atoms with van der Waals surface area (Å²) in [7, 11) is 1.55. The molecule has 0 saturated carbocycles. The Morgan fingerprint density at radius 2 is 2.43 bits per heavy atom. The Bertz CT molecular complexity index is 40.7. The van der Waals surface area contributed by atoms with E-state index >= 15 is 0 Å². The van der Waals surface area contributed by atoms with Gasteiger partial charge in [-0.1, -0.05) is 0 Å². The normalized spacial score (nSPS) is 14.1. The lowest BCUT2D eigenvalue weighted by Gasteiger charge is -2.02. The predicted octanol–water partition coefficient (Wildman–Crippen LogP) is -0.0765. The van der Waals surface area contributed by atoms with Gasteiger partial charge in [0.05, 0.1) is 12.7 Å². The third-order valence-corrected chi connectivity index (χ3v) is 0.991. The quantitative estimate of drug-likeness (QED) is 0.513. The number of hydrogen-bond donors (Lipinski definition) is 2. The van der Waals surface area contributed by atoms with Gasteiger partial charge in [0.15, 0.2) is 0 Å². The van der Waals surface area contributed by atoms with Crippen molar-refractivity contribution in [3.05, 3.63) is 0 Å². The first-order valence-electron chi connectivity index (χ1n) is 2.09. The molecular formula is C4H10O2S. The van der Waals surface area contributed by atoms with Crippen molar-refractivity contribution in [3.8, 4) is 0 Å². The molecule has 0 radical (unpaired) electrons. The zero-order valence-corrected chi connectivity index (χ0v) is 5.19. The Hall–Kier alpha value is 0.270. The molecule has 1 unspecified atom stereocenters. The summed E-state index contributed by atoms with van der Waals surface area (Å²) in [5, 5.41) is 8.66. The maximum Gasteiger partial charge on any atom is 0.0861 e. The first kappa shape index (κ1) is 7.27. The predicted molar refractivity (Wildman–Crippen MR) is 31.7 cm³/mol. The van der Waals surface area contributed by atoms with Gasteiger partial charge in [0.25, 0.3) is 0 Å². The van der Waals surface area contributed by atoms with Crippen molar-refractivity contribution in [2.75, 3.05) is 19.5 Å². The standard InChI is InChI=1S/C4H10O2S/c1-6-2-4(5)3-7/h4-5,7H,2-3H2,1H3. The zero-order chi connectivity index (χ0) is 5.70. The molecule has 1 atom stereocenters. The van der Waals surface area contributed by atoms with Crippen LogP contribution in [-0.4, -0.2) is 30.7 Å². The van der Waals surface area contributed by atoms with E-state index in [0.717, 1.165) is 0 Å². The van der Waals surface area contributed by atoms with Crippen molar-refractivity contribution in [1.82, 2.24) is 0 Å². The minimum Gasteiger partial charge on any atom is -0.390 e. The Balaban J connectivity index is 2.83. The van der Waals surface area contributed by atoms with E-state index in [2.05, 4.69) is 17.4 Å². The lowest BCUT2D eigenvalue weighted by molar-refractivity contribution is 0.0796. The molecule has 0 aromatic heterocycles. The number of methoxy groups -OCH3 is 1. The van der Waals surface area contributed by atoms with Crippen LogP contribution in [-0.2, 0) is 4.74 Å². The fourth-order valence-corrected chi connectivity index (χ4v) is 0.351. The number of aliphatic hydroxyl groups excluding tert-OH is 1. The van der Waals surface area contributed by atoms with Crippen LogP contribution in [0, 0.1) is 0 Å². The summed E-state index contributed by atoms with van der Waals surface area (Å²) >= 11 is 3.82. The second-order valence-electron chi connectivity index (χ2n) is 1.29. The van der Waals surface area contributed by atoms with Crippen molar-refractivity contribution in [2.45, 2.75) is 6.10 Å². The summed E-state index contributed by atoms with van der Waals surface area (Å²) in [6.07, 6.45) is -0.409. The average Bonchev–Trinajstić information content (AvgIpc) is 1.68. The summed E-state index contributed by atoms with van der Waals surface area (Å²) in [6, 6.07) is 0. The fourth-order valence-electron chi connectivity index (χ4n) is 0.245. The van der Waals surface area contributed by atoms with Crippen LogP contribution < -0.4 is 0 Å². The number of hydrogen-bond acceptors (Lipinski definition) is 3. The van der Waals surface area contributed by atoms with Crippen LogP contribution in [0.5, 0.6) is 0 Å². The largest absolute Gasteiger partial charge is 0.390 e. The number of rotatable bonds is 3. The Morgan fingerprint density at radius 3 is 2.57 bits per heavy atom. The van der Waals surface area contributed by atoms with Gasteiger partial charge < -0.3 is 9.84 Å². The highest BCUT2D eigenvalue weighted by Gasteiger charge is 1.95. The van der Waals surface area contributed by atoms with Gasteiger partial charge in [0, 0.05) is 12.9 Å². The van der Waals surface area contributed by atoms with E-state index in [4.69, 9.17) is 5.11 Å². The van der Waals surface area contributed by atoms with E-state index in [-0.39, 0.29) is 0 Å². The molecule has 1 N–H and O–H groups in total. The van der Waals surface area contributed by atoms with Crippen molar-refractivity contribution >= 4 is 12.6 Å². The van der Waals surface area contributed by atoms with Gasteiger partial charge in [-0.15, -0.1) is 0 Å². The number of aliphatic hydroxyl groups is 1. The fraction of sp³-hybridized carbons (Fsp3) is 1.00. The molecule has 0 aromatic carbocycles. The van der Waals surface area contributed by atoms with Crippen LogP contribution in [0.15, 0.2) is 0 Å². The summed E-state index contributed by atoms with van der Waals surface area (Å²) in [5.74, 6) is 0.466. The second-order valence-corrected chi connectivity index (χ2v) is 1.66. The lowest BCUT2D eigenvalue weighted by Crippen LogP contribution is -2.14. The first-order chi connectivity index (χ1) is 3.31. The van der Waals surface area contributed by atoms with Crippen molar-refractivity contribution in [2.24, 2.45) is 0 Å². The van der Waals surface area contributed by atoms with Crippen LogP contribution in [0.2, 0.25) is 0 Å². The summed E-state index contributed by atoms with van der Waals surface area (Å²) in [5.41, 5.74) is 0. The molecule has 0 aromatic rings. The van der Waals surface area contributed by atoms with Gasteiger partial charge in [-0.2, -0.15) is 12.6 Å². The van der Waals surface area contributed by atoms with Gasteiger partial charge >= 0.3 is 0 Å². The van der Waals surface area contributed by atoms with E-state index in [1.165, 1.54) is 0 Å². The molecule has 0 aliphatic rings. The van der Waals surface area contributed by atoms with E-state index in [1.54, 1.807) is 7.11 Å². The van der Waals surface area contributed by atoms with Gasteiger partial charge in [0.2, 0.25) is 0 Å². The Labute approximate surface area is 48.9 Å². The first-order valence-corrected chi connectivity index (χ1v) is 2.72. The second kappa shape index (κ2) is 4.43. The number of thiol groups is 1. The van der Waals surface area contributed by atoms with E-state index in [0.29, 0.717) is 12.4 Å². The summed E-state index contributed by atoms with van der Waals surface area (Å²) in [4.78, 5) is 0. The molecule has 0 aliphatic carbocycles. The minimum absolute atomic E-state index is 0.378. The topological polar surface area (TPSA) is 29.5 Å². The molecule has 0 aliphatic heterocycles. The van der Waals surface area contributed by atoms with E-state index < -0.39 is 6.10 Å². The smallest absolute Gasteiger partial charge is 0.0861 e. The molecule has 2 nitrogen and oxygen atoms in total.